The first-order valence-electron chi connectivity index (χ1n) is 5.92. The summed E-state index contributed by atoms with van der Waals surface area (Å²) >= 11 is 0. The zero-order valence-electron chi connectivity index (χ0n) is 10.6. The molecule has 0 heterocycles. The molecule has 0 atom stereocenters. The van der Waals surface area contributed by atoms with Gasteiger partial charge in [0.15, 0.2) is 0 Å². The van der Waals surface area contributed by atoms with E-state index in [4.69, 9.17) is 4.74 Å². The fraction of sp³-hybridized carbons (Fsp3) is 0.917. The molecule has 0 aliphatic heterocycles. The van der Waals surface area contributed by atoms with Gasteiger partial charge in [-0.15, -0.1) is 0 Å². The Labute approximate surface area is 93.6 Å². The van der Waals surface area contributed by atoms with Gasteiger partial charge in [-0.2, -0.15) is 0 Å². The lowest BCUT2D eigenvalue weighted by Crippen LogP contribution is -2.32. The Balaban J connectivity index is 3.59. The summed E-state index contributed by atoms with van der Waals surface area (Å²) in [5, 5.41) is 2.47. The number of carbonyl (C=O) groups is 1. The summed E-state index contributed by atoms with van der Waals surface area (Å²) in [5.41, 5.74) is -0.341. The highest BCUT2D eigenvalue weighted by Gasteiger charge is 2.21. The maximum atomic E-state index is 11.0. The van der Waals surface area contributed by atoms with E-state index in [9.17, 15) is 4.79 Å². The number of carbonyl (C=O) groups excluding carboxylic acids is 1. The molecule has 90 valence electrons. The maximum Gasteiger partial charge on any atom is 0.407 e. The quantitative estimate of drug-likeness (QED) is 0.660. The molecule has 0 bridgehead atoms. The Morgan fingerprint density at radius 2 is 1.80 bits per heavy atom. The summed E-state index contributed by atoms with van der Waals surface area (Å²) in [4.78, 5) is 11.0. The van der Waals surface area contributed by atoms with E-state index in [1.165, 1.54) is 25.7 Å². The summed E-state index contributed by atoms with van der Waals surface area (Å²) in [7, 11) is 1.58. The van der Waals surface area contributed by atoms with E-state index in [1.54, 1.807) is 7.05 Å². The van der Waals surface area contributed by atoms with Crippen LogP contribution in [-0.2, 0) is 4.74 Å². The number of unbranched alkanes of at least 4 members (excludes halogenated alkanes) is 4. The normalized spacial score (nSPS) is 11.2. The number of ether oxygens (including phenoxy) is 1. The highest BCUT2D eigenvalue weighted by Crippen LogP contribution is 2.19. The van der Waals surface area contributed by atoms with Gasteiger partial charge < -0.3 is 10.1 Å². The van der Waals surface area contributed by atoms with Crippen LogP contribution in [0.3, 0.4) is 0 Å². The number of amides is 1. The molecule has 0 aliphatic rings. The summed E-state index contributed by atoms with van der Waals surface area (Å²) in [6.07, 6.45) is 6.80. The van der Waals surface area contributed by atoms with E-state index in [-0.39, 0.29) is 11.7 Å². The highest BCUT2D eigenvalue weighted by atomic mass is 16.6. The molecule has 0 radical (unpaired) electrons. The van der Waals surface area contributed by atoms with Gasteiger partial charge in [0.05, 0.1) is 0 Å². The zero-order chi connectivity index (χ0) is 11.7. The lowest BCUT2D eigenvalue weighted by atomic mass is 10.00. The molecule has 0 aromatic rings. The Morgan fingerprint density at radius 1 is 1.20 bits per heavy atom. The SMILES string of the molecule is CCCCCCCC(C)(C)OC(=O)NC. The fourth-order valence-electron chi connectivity index (χ4n) is 1.51. The van der Waals surface area contributed by atoms with E-state index in [0.717, 1.165) is 12.8 Å². The molecule has 0 aromatic carbocycles. The molecular formula is C12H25NO2. The molecule has 0 spiro atoms. The second-order valence-corrected chi connectivity index (χ2v) is 4.56. The van der Waals surface area contributed by atoms with Gasteiger partial charge in [-0.05, 0) is 26.7 Å². The van der Waals surface area contributed by atoms with Crippen molar-refractivity contribution in [2.75, 3.05) is 7.05 Å². The lowest BCUT2D eigenvalue weighted by molar-refractivity contribution is 0.0321. The highest BCUT2D eigenvalue weighted by molar-refractivity contribution is 5.67. The van der Waals surface area contributed by atoms with Crippen molar-refractivity contribution in [3.63, 3.8) is 0 Å². The van der Waals surface area contributed by atoms with Crippen LogP contribution in [0.2, 0.25) is 0 Å². The standard InChI is InChI=1S/C12H25NO2/c1-5-6-7-8-9-10-12(2,3)15-11(14)13-4/h5-10H2,1-4H3,(H,13,14). The van der Waals surface area contributed by atoms with E-state index in [1.807, 2.05) is 13.8 Å². The largest absolute Gasteiger partial charge is 0.444 e. The third-order valence-electron chi connectivity index (χ3n) is 2.46. The van der Waals surface area contributed by atoms with Crippen molar-refractivity contribution < 1.29 is 9.53 Å². The van der Waals surface area contributed by atoms with Gasteiger partial charge in [-0.1, -0.05) is 32.6 Å². The van der Waals surface area contributed by atoms with Gasteiger partial charge in [-0.3, -0.25) is 0 Å². The van der Waals surface area contributed by atoms with Crippen molar-refractivity contribution in [3.05, 3.63) is 0 Å². The van der Waals surface area contributed by atoms with Crippen molar-refractivity contribution >= 4 is 6.09 Å². The summed E-state index contributed by atoms with van der Waals surface area (Å²) in [5.74, 6) is 0. The lowest BCUT2D eigenvalue weighted by Gasteiger charge is -2.24. The smallest absolute Gasteiger partial charge is 0.407 e. The third kappa shape index (κ3) is 8.28. The fourth-order valence-corrected chi connectivity index (χ4v) is 1.51. The molecular weight excluding hydrogens is 190 g/mol. The van der Waals surface area contributed by atoms with Gasteiger partial charge >= 0.3 is 6.09 Å². The van der Waals surface area contributed by atoms with Crippen molar-refractivity contribution in [2.45, 2.75) is 64.9 Å². The average Bonchev–Trinajstić information content (AvgIpc) is 2.16. The molecule has 0 fully saturated rings. The monoisotopic (exact) mass is 215 g/mol. The van der Waals surface area contributed by atoms with Gasteiger partial charge in [-0.25, -0.2) is 4.79 Å². The van der Waals surface area contributed by atoms with Gasteiger partial charge in [0.2, 0.25) is 0 Å². The molecule has 0 unspecified atom stereocenters. The molecule has 1 amide bonds. The summed E-state index contributed by atoms with van der Waals surface area (Å²) in [6, 6.07) is 0. The van der Waals surface area contributed by atoms with E-state index >= 15 is 0 Å². The molecule has 15 heavy (non-hydrogen) atoms. The molecule has 3 nitrogen and oxygen atoms in total. The van der Waals surface area contributed by atoms with Crippen LogP contribution in [-0.4, -0.2) is 18.7 Å². The minimum atomic E-state index is -0.341. The van der Waals surface area contributed by atoms with E-state index < -0.39 is 0 Å². The topological polar surface area (TPSA) is 38.3 Å². The molecule has 1 N–H and O–H groups in total. The summed E-state index contributed by atoms with van der Waals surface area (Å²) < 4.78 is 5.24. The number of hydrogen-bond acceptors (Lipinski definition) is 2. The van der Waals surface area contributed by atoms with Crippen molar-refractivity contribution in [2.24, 2.45) is 0 Å². The van der Waals surface area contributed by atoms with Crippen LogP contribution < -0.4 is 5.32 Å². The van der Waals surface area contributed by atoms with Gasteiger partial charge in [0.1, 0.15) is 5.60 Å². The molecule has 0 aromatic heterocycles. The molecule has 0 rings (SSSR count). The van der Waals surface area contributed by atoms with Crippen molar-refractivity contribution in [1.82, 2.24) is 5.32 Å². The second-order valence-electron chi connectivity index (χ2n) is 4.56. The van der Waals surface area contributed by atoms with Gasteiger partial charge in [0, 0.05) is 7.05 Å². The summed E-state index contributed by atoms with van der Waals surface area (Å²) in [6.45, 7) is 6.13. The first kappa shape index (κ1) is 14.3. The number of nitrogens with one attached hydrogen (secondary N) is 1. The zero-order valence-corrected chi connectivity index (χ0v) is 10.6. The molecule has 0 saturated heterocycles. The van der Waals surface area contributed by atoms with Crippen molar-refractivity contribution in [1.29, 1.82) is 0 Å². The number of rotatable bonds is 7. The van der Waals surface area contributed by atoms with E-state index in [0.29, 0.717) is 0 Å². The van der Waals surface area contributed by atoms with Crippen LogP contribution in [0.4, 0.5) is 4.79 Å². The third-order valence-corrected chi connectivity index (χ3v) is 2.46. The second kappa shape index (κ2) is 7.55. The van der Waals surface area contributed by atoms with Crippen LogP contribution in [0.15, 0.2) is 0 Å². The maximum absolute atomic E-state index is 11.0. The first-order valence-corrected chi connectivity index (χ1v) is 5.92. The minimum Gasteiger partial charge on any atom is -0.444 e. The predicted molar refractivity (Wildman–Crippen MR) is 63.0 cm³/mol. The van der Waals surface area contributed by atoms with Crippen LogP contribution in [0.25, 0.3) is 0 Å². The van der Waals surface area contributed by atoms with Crippen LogP contribution in [0, 0.1) is 0 Å². The molecule has 3 heteroatoms. The molecule has 0 aliphatic carbocycles. The number of hydrogen-bond donors (Lipinski definition) is 1. The minimum absolute atomic E-state index is 0.339. The van der Waals surface area contributed by atoms with Crippen LogP contribution >= 0.6 is 0 Å². The number of alkyl carbamates (subject to hydrolysis) is 1. The van der Waals surface area contributed by atoms with E-state index in [2.05, 4.69) is 12.2 Å². The molecule has 0 saturated carbocycles. The van der Waals surface area contributed by atoms with Crippen molar-refractivity contribution in [3.8, 4) is 0 Å². The van der Waals surface area contributed by atoms with Crippen LogP contribution in [0.1, 0.15) is 59.3 Å². The Kier molecular flexibility index (Phi) is 7.18. The Morgan fingerprint density at radius 3 is 2.33 bits per heavy atom. The first-order chi connectivity index (χ1) is 7.02. The average molecular weight is 215 g/mol. The Bertz CT molecular complexity index is 178. The Hall–Kier alpha value is -0.730. The van der Waals surface area contributed by atoms with Crippen LogP contribution in [0.5, 0.6) is 0 Å². The van der Waals surface area contributed by atoms with Gasteiger partial charge in [0.25, 0.3) is 0 Å². The predicted octanol–water partition coefficient (Wildman–Crippen LogP) is 3.48.